The summed E-state index contributed by atoms with van der Waals surface area (Å²) in [6.07, 6.45) is 3.52. The summed E-state index contributed by atoms with van der Waals surface area (Å²) < 4.78 is 76.3. The molecule has 0 saturated heterocycles. The van der Waals surface area contributed by atoms with E-state index in [1.54, 1.807) is 12.4 Å². The number of hydrogen-bond donors (Lipinski definition) is 0. The molecule has 137 heavy (non-hydrogen) atoms. The number of pyridine rings is 2. The molecule has 0 N–H and O–H groups in total. The van der Waals surface area contributed by atoms with Gasteiger partial charge in [0.2, 0.25) is 0 Å². The number of aromatic nitrogens is 4. The third kappa shape index (κ3) is 18.0. The fourth-order valence-electron chi connectivity index (χ4n) is 18.9. The second kappa shape index (κ2) is 35.8. The summed E-state index contributed by atoms with van der Waals surface area (Å²) in [5.74, 6) is 3.21. The van der Waals surface area contributed by atoms with Crippen LogP contribution in [0.1, 0.15) is 188 Å². The van der Waals surface area contributed by atoms with Crippen LogP contribution in [0.15, 0.2) is 296 Å². The van der Waals surface area contributed by atoms with Crippen LogP contribution in [0.3, 0.4) is 0 Å². The van der Waals surface area contributed by atoms with E-state index in [1.165, 1.54) is 22.3 Å². The summed E-state index contributed by atoms with van der Waals surface area (Å²) in [4.78, 5) is 18.8. The van der Waals surface area contributed by atoms with E-state index in [1.807, 2.05) is 111 Å². The van der Waals surface area contributed by atoms with Crippen molar-refractivity contribution in [2.45, 2.75) is 185 Å². The van der Waals surface area contributed by atoms with Crippen LogP contribution < -0.4 is 29.1 Å². The monoisotopic (exact) mass is 2160 g/mol. The molecule has 0 aliphatic carbocycles. The van der Waals surface area contributed by atoms with Gasteiger partial charge in [-0.1, -0.05) is 286 Å². The molecule has 11 nitrogen and oxygen atoms in total. The summed E-state index contributed by atoms with van der Waals surface area (Å²) in [5.41, 5.74) is 26.8. The maximum Gasteiger partial charge on any atom is 0.136 e. The Morgan fingerprint density at radius 3 is 1.39 bits per heavy atom. The minimum absolute atomic E-state index is 0. The molecule has 5 aromatic heterocycles. The van der Waals surface area contributed by atoms with Crippen molar-refractivity contribution >= 4 is 111 Å². The van der Waals surface area contributed by atoms with E-state index in [4.69, 9.17) is 32.1 Å². The van der Waals surface area contributed by atoms with Crippen LogP contribution in [-0.2, 0) is 74.6 Å². The van der Waals surface area contributed by atoms with Gasteiger partial charge >= 0.3 is 0 Å². The molecule has 14 aromatic carbocycles. The Morgan fingerprint density at radius 2 is 0.796 bits per heavy atom. The minimum Gasteiger partial charge on any atom is -0.512 e. The standard InChI is InChI=1S/C62H57N4O2.C62H59N4O.2Pt/c1-38-28-41(60(3,4)5)29-39(2)58(38)40-26-27-63-57(30-40)66-51-20-14-12-18-47(51)48-25-24-46(36-54(48)66)67-56-35-45(34-50-49-19-13-17-23-55(49)68-59(50)56)65-37-64(52-21-15-16-22-53(52)65)44-32-42(61(6,7)8)31-43(33-44)62(9,10)11;1-40-31-47(62(9,10)11)32-41(2)59(40)44-29-30-63-58(34-44)66-54-27-23-43(42-17-13-12-14-18-42)33-53(54)52-26-25-51(38-56(52)66)67-50-22-16-21-49(37-50)64-39-65(48-20-15-19-45(35-48)60(3,4)5)57-36-46(61(6,7)8)24-28-55(57)64;;/h12-34,37H,1-11H3;12-36,39H,1-11H3;;/q2*-3;;/i2*1D3;;. The molecule has 0 unspecified atom stereocenters. The van der Waals surface area contributed by atoms with Crippen molar-refractivity contribution in [3.8, 4) is 68.0 Å². The second-order valence-electron chi connectivity index (χ2n) is 42.3. The van der Waals surface area contributed by atoms with Crippen molar-refractivity contribution in [2.75, 3.05) is 19.6 Å². The molecule has 13 heteroatoms. The molecule has 19 aromatic rings. The Hall–Kier alpha value is -13.0. The van der Waals surface area contributed by atoms with E-state index in [0.717, 1.165) is 150 Å². The summed E-state index contributed by atoms with van der Waals surface area (Å²) in [7, 11) is 0. The molecule has 0 fully saturated rings. The van der Waals surface area contributed by atoms with Crippen LogP contribution in [0.5, 0.6) is 23.0 Å². The first-order valence-electron chi connectivity index (χ1n) is 49.6. The normalized spacial score (nSPS) is 13.9. The van der Waals surface area contributed by atoms with Gasteiger partial charge in [-0.25, -0.2) is 9.97 Å². The molecule has 696 valence electrons. The number of nitrogens with zero attached hydrogens (tertiary/aromatic N) is 8. The molecule has 0 saturated carbocycles. The van der Waals surface area contributed by atoms with Crippen LogP contribution in [0.4, 0.5) is 45.5 Å². The topological polar surface area (TPSA) is 80.2 Å². The van der Waals surface area contributed by atoms with Crippen molar-refractivity contribution in [2.24, 2.45) is 0 Å². The Morgan fingerprint density at radius 1 is 0.314 bits per heavy atom. The van der Waals surface area contributed by atoms with Gasteiger partial charge < -0.3 is 42.6 Å². The average molecular weight is 2160 g/mol. The first-order valence-corrected chi connectivity index (χ1v) is 46.6. The average Bonchev–Trinajstić information content (AvgIpc) is 1.64. The zero-order chi connectivity index (χ0) is 99.4. The number of furan rings is 1. The van der Waals surface area contributed by atoms with E-state index >= 15 is 0 Å². The molecule has 2 aliphatic heterocycles. The summed E-state index contributed by atoms with van der Waals surface area (Å²) in [6, 6.07) is 111. The van der Waals surface area contributed by atoms with Crippen molar-refractivity contribution in [3.05, 3.63) is 385 Å². The van der Waals surface area contributed by atoms with Crippen molar-refractivity contribution in [3.63, 3.8) is 0 Å². The van der Waals surface area contributed by atoms with Crippen molar-refractivity contribution in [1.29, 1.82) is 0 Å². The van der Waals surface area contributed by atoms with Gasteiger partial charge in [0, 0.05) is 131 Å². The number of benzene rings is 14. The Bertz CT molecular complexity index is 8140. The first-order chi connectivity index (χ1) is 66.7. The maximum absolute atomic E-state index is 8.65. The third-order valence-corrected chi connectivity index (χ3v) is 26.5. The number of aryl methyl sites for hydroxylation is 4. The molecule has 21 rings (SSSR count). The van der Waals surface area contributed by atoms with E-state index in [2.05, 4.69) is 373 Å². The first kappa shape index (κ1) is 86.8. The van der Waals surface area contributed by atoms with Crippen LogP contribution in [0, 0.1) is 65.2 Å². The van der Waals surface area contributed by atoms with Gasteiger partial charge in [0.05, 0.1) is 11.3 Å². The van der Waals surface area contributed by atoms with Gasteiger partial charge in [-0.05, 0) is 251 Å². The number of ether oxygens (including phenoxy) is 2. The SMILES string of the molecule is [2H]C([2H])([2H])c1cc(C(C)(C)C)cc(C)c1-c1ccnc(-n2c3[c-]c(Oc4[c-]c(N5[CH-]N(c6cc(C(C)(C)C)cc(C(C)(C)C)c6)c6ccccc65)cc5c4oc4ccccc45)ccc3c3ccccc32)c1.[2H]C([2H])([2H])c1cc(C(C)(C)C)cc(C)c1-c1ccnc(-n2c3[c-]c(Oc4[c-]c(N5[CH-]N(c6cccc(C(C)(C)C)c6)c6cc(C(C)(C)C)ccc65)ccc4)ccc3c3cc(-c4ccccc4)ccc32)c1.[Pt].[Pt]. The number of anilines is 8. The van der Waals surface area contributed by atoms with Gasteiger partial charge in [0.15, 0.2) is 0 Å². The van der Waals surface area contributed by atoms with E-state index in [9.17, 15) is 0 Å². The van der Waals surface area contributed by atoms with Gasteiger partial charge in [-0.15, -0.1) is 84.4 Å². The third-order valence-electron chi connectivity index (χ3n) is 26.5. The molecule has 2 aliphatic rings. The number of hydrogen-bond acceptors (Lipinski definition) is 9. The molecule has 0 amide bonds. The quantitative estimate of drug-likeness (QED) is 0.105. The van der Waals surface area contributed by atoms with Gasteiger partial charge in [-0.3, -0.25) is 0 Å². The molecule has 0 bridgehead atoms. The summed E-state index contributed by atoms with van der Waals surface area (Å²) >= 11 is 0. The van der Waals surface area contributed by atoms with Crippen LogP contribution in [0.2, 0.25) is 0 Å². The molecule has 0 spiro atoms. The molecular formula is C124H116N8O3Pt2-6. The molecular weight excluding hydrogens is 2040 g/mol. The Balaban J connectivity index is 0.000000186. The van der Waals surface area contributed by atoms with Gasteiger partial charge in [0.25, 0.3) is 0 Å². The fraction of sp³-hybridized carbons (Fsp3) is 0.226. The fourth-order valence-corrected chi connectivity index (χ4v) is 18.9. The molecule has 0 radical (unpaired) electrons. The number of para-hydroxylation sites is 4. The zero-order valence-corrected chi connectivity index (χ0v) is 85.8. The van der Waals surface area contributed by atoms with E-state index in [0.29, 0.717) is 62.5 Å². The van der Waals surface area contributed by atoms with Crippen molar-refractivity contribution < 1.29 is 64.2 Å². The summed E-state index contributed by atoms with van der Waals surface area (Å²) in [5, 5.41) is 5.87. The maximum atomic E-state index is 8.65. The second-order valence-corrected chi connectivity index (χ2v) is 42.3. The van der Waals surface area contributed by atoms with Crippen molar-refractivity contribution in [1.82, 2.24) is 19.1 Å². The Labute approximate surface area is 845 Å². The predicted molar refractivity (Wildman–Crippen MR) is 563 cm³/mol. The predicted octanol–water partition coefficient (Wildman–Crippen LogP) is 33.9. The minimum atomic E-state index is -2.33. The van der Waals surface area contributed by atoms with Crippen LogP contribution in [-0.4, -0.2) is 19.1 Å². The van der Waals surface area contributed by atoms with E-state index < -0.39 is 13.7 Å². The largest absolute Gasteiger partial charge is 0.512 e. The molecule has 7 heterocycles. The zero-order valence-electron chi connectivity index (χ0n) is 87.3. The smallest absolute Gasteiger partial charge is 0.136 e. The van der Waals surface area contributed by atoms with Gasteiger partial charge in [0.1, 0.15) is 17.2 Å². The van der Waals surface area contributed by atoms with E-state index in [-0.39, 0.29) is 74.6 Å². The van der Waals surface area contributed by atoms with Gasteiger partial charge in [-0.2, -0.15) is 18.2 Å². The number of rotatable bonds is 13. The number of fused-ring (bicyclic) bond motifs is 11. The van der Waals surface area contributed by atoms with Crippen LogP contribution >= 0.6 is 0 Å². The van der Waals surface area contributed by atoms with Crippen LogP contribution in [0.25, 0.3) is 111 Å². The Kier molecular flexibility index (Phi) is 22.7. The molecule has 0 atom stereocenters. The summed E-state index contributed by atoms with van der Waals surface area (Å²) in [6.45, 7) is 43.4.